The number of nitrogens with one attached hydrogen (secondary N) is 2. The highest BCUT2D eigenvalue weighted by molar-refractivity contribution is 5.99. The summed E-state index contributed by atoms with van der Waals surface area (Å²) in [6.07, 6.45) is -3.38. The molecule has 0 radical (unpaired) electrons. The Labute approximate surface area is 163 Å². The van der Waals surface area contributed by atoms with E-state index in [9.17, 15) is 22.8 Å². The molecule has 29 heavy (non-hydrogen) atoms. The van der Waals surface area contributed by atoms with Gasteiger partial charge in [0.15, 0.2) is 0 Å². The van der Waals surface area contributed by atoms with Gasteiger partial charge in [0.1, 0.15) is 17.2 Å². The smallest absolute Gasteiger partial charge is 0.417 e. The maximum atomic E-state index is 13.0. The van der Waals surface area contributed by atoms with Gasteiger partial charge in [0.2, 0.25) is 0 Å². The summed E-state index contributed by atoms with van der Waals surface area (Å²) in [5, 5.41) is 0. The molecule has 0 spiro atoms. The van der Waals surface area contributed by atoms with Crippen LogP contribution in [-0.4, -0.2) is 16.8 Å². The van der Waals surface area contributed by atoms with Gasteiger partial charge < -0.3 is 4.74 Å². The van der Waals surface area contributed by atoms with E-state index in [0.717, 1.165) is 12.1 Å². The Morgan fingerprint density at radius 1 is 0.828 bits per heavy atom. The second-order valence-corrected chi connectivity index (χ2v) is 5.74. The van der Waals surface area contributed by atoms with E-state index in [0.29, 0.717) is 11.5 Å². The molecule has 148 valence electrons. The summed E-state index contributed by atoms with van der Waals surface area (Å²) >= 11 is 0. The van der Waals surface area contributed by atoms with Crippen LogP contribution in [0.5, 0.6) is 11.5 Å². The van der Waals surface area contributed by atoms with E-state index in [1.807, 2.05) is 16.9 Å². The Morgan fingerprint density at radius 3 is 2.21 bits per heavy atom. The number of carbonyl (C=O) groups excluding carboxylic acids is 2. The lowest BCUT2D eigenvalue weighted by Gasteiger charge is -2.13. The van der Waals surface area contributed by atoms with Crippen LogP contribution in [0.4, 0.5) is 13.2 Å². The second-order valence-electron chi connectivity index (χ2n) is 5.74. The largest absolute Gasteiger partial charge is 0.457 e. The zero-order valence-corrected chi connectivity index (χ0v) is 14.7. The maximum absolute atomic E-state index is 13.0. The summed E-state index contributed by atoms with van der Waals surface area (Å²) in [4.78, 5) is 28.2. The first-order valence-electron chi connectivity index (χ1n) is 8.30. The average Bonchev–Trinajstić information content (AvgIpc) is 2.72. The third kappa shape index (κ3) is 5.10. The number of benzene rings is 2. The Kier molecular flexibility index (Phi) is 5.77. The average molecular weight is 401 g/mol. The molecule has 0 bridgehead atoms. The van der Waals surface area contributed by atoms with Crippen LogP contribution >= 0.6 is 0 Å². The fraction of sp³-hybridized carbons (Fsp3) is 0.0500. The predicted molar refractivity (Wildman–Crippen MR) is 97.1 cm³/mol. The molecule has 0 unspecified atom stereocenters. The van der Waals surface area contributed by atoms with E-state index in [2.05, 4.69) is 4.98 Å². The second kappa shape index (κ2) is 8.42. The molecule has 0 fully saturated rings. The molecule has 0 saturated carbocycles. The molecule has 0 atom stereocenters. The molecule has 0 saturated heterocycles. The van der Waals surface area contributed by atoms with E-state index in [1.165, 1.54) is 30.5 Å². The normalized spacial score (nSPS) is 10.9. The first-order chi connectivity index (χ1) is 13.8. The zero-order chi connectivity index (χ0) is 20.9. The standard InChI is InChI=1S/C20H14F3N3O3/c21-20(22,23)16-9-5-4-8-15(16)18(27)25-26-19(28)17-12-14(10-11-24-17)29-13-6-2-1-3-7-13/h1-12H,(H,25,27)(H,26,28). The SMILES string of the molecule is O=C(NNC(=O)c1ccccc1C(F)(F)F)c1cc(Oc2ccccc2)ccn1. The first kappa shape index (κ1) is 19.9. The Hall–Kier alpha value is -3.88. The van der Waals surface area contributed by atoms with E-state index in [4.69, 9.17) is 4.74 Å². The van der Waals surface area contributed by atoms with Gasteiger partial charge >= 0.3 is 6.18 Å². The summed E-state index contributed by atoms with van der Waals surface area (Å²) in [6, 6.07) is 15.9. The number of hydrazine groups is 1. The van der Waals surface area contributed by atoms with E-state index in [1.54, 1.807) is 24.3 Å². The number of ether oxygens (including phenoxy) is 1. The molecule has 1 heterocycles. The highest BCUT2D eigenvalue weighted by atomic mass is 19.4. The molecule has 0 aliphatic heterocycles. The van der Waals surface area contributed by atoms with Gasteiger partial charge in [-0.2, -0.15) is 13.2 Å². The van der Waals surface area contributed by atoms with Crippen molar-refractivity contribution in [2.24, 2.45) is 0 Å². The van der Waals surface area contributed by atoms with Crippen LogP contribution in [0.1, 0.15) is 26.4 Å². The Morgan fingerprint density at radius 2 is 1.48 bits per heavy atom. The van der Waals surface area contributed by atoms with Gasteiger partial charge in [-0.25, -0.2) is 0 Å². The monoisotopic (exact) mass is 401 g/mol. The molecular formula is C20H14F3N3O3. The van der Waals surface area contributed by atoms with Crippen molar-refractivity contribution in [1.29, 1.82) is 0 Å². The predicted octanol–water partition coefficient (Wildman–Crippen LogP) is 3.97. The third-order valence-electron chi connectivity index (χ3n) is 3.71. The molecular weight excluding hydrogens is 387 g/mol. The summed E-state index contributed by atoms with van der Waals surface area (Å²) < 4.78 is 44.6. The number of halogens is 3. The van der Waals surface area contributed by atoms with Crippen molar-refractivity contribution < 1.29 is 27.5 Å². The summed E-state index contributed by atoms with van der Waals surface area (Å²) in [5.74, 6) is -1.06. The molecule has 2 amide bonds. The van der Waals surface area contributed by atoms with Crippen molar-refractivity contribution in [3.8, 4) is 11.5 Å². The summed E-state index contributed by atoms with van der Waals surface area (Å²) in [6.45, 7) is 0. The Bertz CT molecular complexity index is 1020. The van der Waals surface area contributed by atoms with Gasteiger partial charge in [0.05, 0.1) is 11.1 Å². The van der Waals surface area contributed by atoms with E-state index >= 15 is 0 Å². The minimum Gasteiger partial charge on any atom is -0.457 e. The number of hydrogen-bond donors (Lipinski definition) is 2. The van der Waals surface area contributed by atoms with Crippen LogP contribution in [0.15, 0.2) is 72.9 Å². The number of nitrogens with zero attached hydrogens (tertiary/aromatic N) is 1. The number of para-hydroxylation sites is 1. The fourth-order valence-electron chi connectivity index (χ4n) is 2.40. The first-order valence-corrected chi connectivity index (χ1v) is 8.30. The van der Waals surface area contributed by atoms with Gasteiger partial charge in [-0.1, -0.05) is 30.3 Å². The van der Waals surface area contributed by atoms with Crippen molar-refractivity contribution in [1.82, 2.24) is 15.8 Å². The van der Waals surface area contributed by atoms with Crippen LogP contribution in [0.25, 0.3) is 0 Å². The minimum absolute atomic E-state index is 0.0946. The van der Waals surface area contributed by atoms with Crippen molar-refractivity contribution in [2.75, 3.05) is 0 Å². The number of hydrogen-bond acceptors (Lipinski definition) is 4. The van der Waals surface area contributed by atoms with Crippen LogP contribution < -0.4 is 15.6 Å². The van der Waals surface area contributed by atoms with Gasteiger partial charge in [-0.05, 0) is 30.3 Å². The minimum atomic E-state index is -4.71. The maximum Gasteiger partial charge on any atom is 0.417 e. The Balaban J connectivity index is 1.67. The molecule has 1 aromatic heterocycles. The summed E-state index contributed by atoms with van der Waals surface area (Å²) in [5.41, 5.74) is 2.18. The number of alkyl halides is 3. The van der Waals surface area contributed by atoms with Gasteiger partial charge in [0.25, 0.3) is 11.8 Å². The molecule has 0 aliphatic rings. The van der Waals surface area contributed by atoms with Crippen LogP contribution in [-0.2, 0) is 6.18 Å². The summed E-state index contributed by atoms with van der Waals surface area (Å²) in [7, 11) is 0. The molecule has 9 heteroatoms. The number of rotatable bonds is 4. The topological polar surface area (TPSA) is 80.3 Å². The lowest BCUT2D eigenvalue weighted by atomic mass is 10.1. The van der Waals surface area contributed by atoms with Gasteiger partial charge in [-0.15, -0.1) is 0 Å². The number of pyridine rings is 1. The lowest BCUT2D eigenvalue weighted by Crippen LogP contribution is -2.42. The quantitative estimate of drug-likeness (QED) is 0.649. The molecule has 6 nitrogen and oxygen atoms in total. The van der Waals surface area contributed by atoms with Gasteiger partial charge in [0, 0.05) is 12.3 Å². The van der Waals surface area contributed by atoms with Crippen molar-refractivity contribution in [3.63, 3.8) is 0 Å². The molecule has 3 rings (SSSR count). The number of amides is 2. The van der Waals surface area contributed by atoms with Crippen molar-refractivity contribution in [2.45, 2.75) is 6.18 Å². The van der Waals surface area contributed by atoms with Gasteiger partial charge in [-0.3, -0.25) is 25.4 Å². The van der Waals surface area contributed by atoms with Crippen LogP contribution in [0.3, 0.4) is 0 Å². The van der Waals surface area contributed by atoms with E-state index in [-0.39, 0.29) is 5.69 Å². The zero-order valence-electron chi connectivity index (χ0n) is 14.7. The molecule has 2 N–H and O–H groups in total. The van der Waals surface area contributed by atoms with Crippen LogP contribution in [0, 0.1) is 0 Å². The van der Waals surface area contributed by atoms with Crippen molar-refractivity contribution in [3.05, 3.63) is 89.7 Å². The highest BCUT2D eigenvalue weighted by Crippen LogP contribution is 2.31. The molecule has 0 aliphatic carbocycles. The lowest BCUT2D eigenvalue weighted by molar-refractivity contribution is -0.137. The number of aromatic nitrogens is 1. The number of carbonyl (C=O) groups is 2. The third-order valence-corrected chi connectivity index (χ3v) is 3.71. The fourth-order valence-corrected chi connectivity index (χ4v) is 2.40. The van der Waals surface area contributed by atoms with Crippen molar-refractivity contribution >= 4 is 11.8 Å². The van der Waals surface area contributed by atoms with Crippen LogP contribution in [0.2, 0.25) is 0 Å². The molecule has 2 aromatic carbocycles. The highest BCUT2D eigenvalue weighted by Gasteiger charge is 2.34. The van der Waals surface area contributed by atoms with E-state index < -0.39 is 29.1 Å². The molecule has 3 aromatic rings.